The van der Waals surface area contributed by atoms with Crippen molar-refractivity contribution in [3.05, 3.63) is 28.2 Å². The van der Waals surface area contributed by atoms with Gasteiger partial charge in [-0.15, -0.1) is 0 Å². The quantitative estimate of drug-likeness (QED) is 0.861. The number of rotatable bonds is 4. The lowest BCUT2D eigenvalue weighted by molar-refractivity contribution is -0.162. The molecule has 1 aromatic rings. The molecule has 21 heavy (non-hydrogen) atoms. The monoisotopic (exact) mass is 331 g/mol. The van der Waals surface area contributed by atoms with Gasteiger partial charge in [-0.25, -0.2) is 4.79 Å². The molecule has 0 aromatic heterocycles. The first-order valence-corrected chi connectivity index (χ1v) is 7.31. The molecule has 114 valence electrons. The van der Waals surface area contributed by atoms with Gasteiger partial charge in [-0.2, -0.15) is 0 Å². The first-order chi connectivity index (χ1) is 9.97. The van der Waals surface area contributed by atoms with Crippen molar-refractivity contribution in [1.82, 2.24) is 0 Å². The number of carbonyl (C=O) groups excluding carboxylic acids is 2. The van der Waals surface area contributed by atoms with Gasteiger partial charge < -0.3 is 14.8 Å². The zero-order valence-corrected chi connectivity index (χ0v) is 12.9. The van der Waals surface area contributed by atoms with E-state index in [4.69, 9.17) is 32.7 Å². The van der Waals surface area contributed by atoms with Crippen LogP contribution in [0.3, 0.4) is 0 Å². The van der Waals surface area contributed by atoms with Crippen LogP contribution >= 0.6 is 23.2 Å². The van der Waals surface area contributed by atoms with E-state index in [1.807, 2.05) is 0 Å². The number of halogens is 2. The summed E-state index contributed by atoms with van der Waals surface area (Å²) in [6.07, 6.45) is -0.0653. The Balaban J connectivity index is 1.91. The molecule has 1 aliphatic rings. The molecule has 7 heteroatoms. The van der Waals surface area contributed by atoms with Crippen LogP contribution in [0.1, 0.15) is 19.8 Å². The molecule has 0 saturated carbocycles. The number of hydrogen-bond donors (Lipinski definition) is 1. The largest absolute Gasteiger partial charge is 0.451 e. The zero-order valence-electron chi connectivity index (χ0n) is 11.4. The molecule has 0 bridgehead atoms. The van der Waals surface area contributed by atoms with Crippen molar-refractivity contribution >= 4 is 40.8 Å². The molecule has 1 saturated heterocycles. The molecular weight excluding hydrogens is 317 g/mol. The average molecular weight is 332 g/mol. The van der Waals surface area contributed by atoms with E-state index in [1.54, 1.807) is 12.1 Å². The molecule has 0 spiro atoms. The van der Waals surface area contributed by atoms with Gasteiger partial charge >= 0.3 is 5.97 Å². The highest BCUT2D eigenvalue weighted by Crippen LogP contribution is 2.25. The number of carbonyl (C=O) groups is 2. The van der Waals surface area contributed by atoms with Gasteiger partial charge in [-0.1, -0.05) is 23.2 Å². The summed E-state index contributed by atoms with van der Waals surface area (Å²) in [4.78, 5) is 23.7. The molecule has 1 fully saturated rings. The number of ether oxygens (including phenoxy) is 2. The summed E-state index contributed by atoms with van der Waals surface area (Å²) < 4.78 is 10.3. The molecule has 1 aromatic carbocycles. The molecule has 0 unspecified atom stereocenters. The third kappa shape index (κ3) is 4.33. The summed E-state index contributed by atoms with van der Waals surface area (Å²) in [5, 5.41) is 3.37. The van der Waals surface area contributed by atoms with E-state index < -0.39 is 24.1 Å². The van der Waals surface area contributed by atoms with Crippen LogP contribution in [0.2, 0.25) is 10.0 Å². The van der Waals surface area contributed by atoms with Crippen molar-refractivity contribution < 1.29 is 19.1 Å². The Morgan fingerprint density at radius 2 is 2.19 bits per heavy atom. The summed E-state index contributed by atoms with van der Waals surface area (Å²) in [5.74, 6) is -0.983. The molecule has 1 heterocycles. The highest BCUT2D eigenvalue weighted by molar-refractivity contribution is 6.36. The van der Waals surface area contributed by atoms with Crippen LogP contribution in [0, 0.1) is 0 Å². The molecular formula is C14H15Cl2NO4. The first kappa shape index (κ1) is 16.1. The van der Waals surface area contributed by atoms with E-state index in [-0.39, 0.29) is 0 Å². The second kappa shape index (κ2) is 7.11. The Bertz CT molecular complexity index is 544. The first-order valence-electron chi connectivity index (χ1n) is 6.55. The molecule has 2 rings (SSSR count). The molecule has 1 N–H and O–H groups in total. The third-order valence-corrected chi connectivity index (χ3v) is 3.59. The van der Waals surface area contributed by atoms with Crippen molar-refractivity contribution in [2.24, 2.45) is 0 Å². The van der Waals surface area contributed by atoms with Crippen molar-refractivity contribution in [1.29, 1.82) is 0 Å². The SMILES string of the molecule is C[C@H](OC(=O)[C@H]1CCCO1)C(=O)Nc1ccc(Cl)cc1Cl. The van der Waals surface area contributed by atoms with Gasteiger partial charge in [0.1, 0.15) is 0 Å². The Hall–Kier alpha value is -1.30. The maximum atomic E-state index is 12.0. The highest BCUT2D eigenvalue weighted by Gasteiger charge is 2.28. The van der Waals surface area contributed by atoms with Gasteiger partial charge in [-0.3, -0.25) is 4.79 Å². The number of anilines is 1. The summed E-state index contributed by atoms with van der Waals surface area (Å²) in [5.41, 5.74) is 0.408. The Morgan fingerprint density at radius 1 is 1.43 bits per heavy atom. The van der Waals surface area contributed by atoms with Crippen molar-refractivity contribution in [3.63, 3.8) is 0 Å². The van der Waals surface area contributed by atoms with Gasteiger partial charge in [0.05, 0.1) is 10.7 Å². The minimum atomic E-state index is -0.937. The van der Waals surface area contributed by atoms with Crippen LogP contribution in [-0.2, 0) is 19.1 Å². The Labute approximate surface area is 132 Å². The fraction of sp³-hybridized carbons (Fsp3) is 0.429. The van der Waals surface area contributed by atoms with Crippen LogP contribution in [0.25, 0.3) is 0 Å². The van der Waals surface area contributed by atoms with Crippen LogP contribution in [0.15, 0.2) is 18.2 Å². The minimum Gasteiger partial charge on any atom is -0.451 e. The molecule has 1 amide bonds. The topological polar surface area (TPSA) is 64.6 Å². The molecule has 0 aliphatic carbocycles. The number of benzene rings is 1. The molecule has 2 atom stereocenters. The predicted molar refractivity (Wildman–Crippen MR) is 79.6 cm³/mol. The lowest BCUT2D eigenvalue weighted by atomic mass is 10.2. The third-order valence-electron chi connectivity index (χ3n) is 3.04. The van der Waals surface area contributed by atoms with Crippen molar-refractivity contribution in [3.8, 4) is 0 Å². The lowest BCUT2D eigenvalue weighted by Gasteiger charge is -2.16. The summed E-state index contributed by atoms with van der Waals surface area (Å²) in [7, 11) is 0. The summed E-state index contributed by atoms with van der Waals surface area (Å²) in [6.45, 7) is 2.03. The fourth-order valence-electron chi connectivity index (χ4n) is 1.89. The lowest BCUT2D eigenvalue weighted by Crippen LogP contribution is -2.34. The van der Waals surface area contributed by atoms with E-state index >= 15 is 0 Å². The van der Waals surface area contributed by atoms with E-state index in [0.29, 0.717) is 28.8 Å². The predicted octanol–water partition coefficient (Wildman–Crippen LogP) is 3.04. The highest BCUT2D eigenvalue weighted by atomic mass is 35.5. The number of hydrogen-bond acceptors (Lipinski definition) is 4. The maximum absolute atomic E-state index is 12.0. The number of nitrogens with one attached hydrogen (secondary N) is 1. The zero-order chi connectivity index (χ0) is 15.4. The smallest absolute Gasteiger partial charge is 0.336 e. The molecule has 5 nitrogen and oxygen atoms in total. The Kier molecular flexibility index (Phi) is 5.45. The van der Waals surface area contributed by atoms with E-state index in [0.717, 1.165) is 6.42 Å². The van der Waals surface area contributed by atoms with Crippen LogP contribution in [0.4, 0.5) is 5.69 Å². The van der Waals surface area contributed by atoms with Gasteiger partial charge in [0.15, 0.2) is 12.2 Å². The second-order valence-corrected chi connectivity index (χ2v) is 5.54. The Morgan fingerprint density at radius 3 is 2.81 bits per heavy atom. The van der Waals surface area contributed by atoms with Crippen molar-refractivity contribution in [2.75, 3.05) is 11.9 Å². The van der Waals surface area contributed by atoms with E-state index in [9.17, 15) is 9.59 Å². The standard InChI is InChI=1S/C14H15Cl2NO4/c1-8(21-14(19)12-3-2-6-20-12)13(18)17-11-5-4-9(15)7-10(11)16/h4-5,7-8,12H,2-3,6H2,1H3,(H,17,18)/t8-,12+/m0/s1. The van der Waals surface area contributed by atoms with Gasteiger partial charge in [0.25, 0.3) is 5.91 Å². The minimum absolute atomic E-state index is 0.313. The fourth-order valence-corrected chi connectivity index (χ4v) is 2.35. The van der Waals surface area contributed by atoms with E-state index in [2.05, 4.69) is 5.32 Å². The van der Waals surface area contributed by atoms with Crippen LogP contribution in [-0.4, -0.2) is 30.7 Å². The number of esters is 1. The van der Waals surface area contributed by atoms with Gasteiger partial charge in [-0.05, 0) is 38.0 Å². The summed E-state index contributed by atoms with van der Waals surface area (Å²) >= 11 is 11.7. The van der Waals surface area contributed by atoms with Crippen molar-refractivity contribution in [2.45, 2.75) is 32.0 Å². The molecule has 0 radical (unpaired) electrons. The normalized spacial score (nSPS) is 19.1. The maximum Gasteiger partial charge on any atom is 0.336 e. The number of amides is 1. The van der Waals surface area contributed by atoms with Crippen LogP contribution < -0.4 is 5.32 Å². The van der Waals surface area contributed by atoms with Crippen LogP contribution in [0.5, 0.6) is 0 Å². The van der Waals surface area contributed by atoms with Gasteiger partial charge in [0.2, 0.25) is 0 Å². The molecule has 1 aliphatic heterocycles. The summed E-state index contributed by atoms with van der Waals surface area (Å²) in [6, 6.07) is 4.70. The van der Waals surface area contributed by atoms with E-state index in [1.165, 1.54) is 13.0 Å². The second-order valence-electron chi connectivity index (χ2n) is 4.69. The average Bonchev–Trinajstić information content (AvgIpc) is 2.95. The van der Waals surface area contributed by atoms with Gasteiger partial charge in [0, 0.05) is 11.6 Å².